The van der Waals surface area contributed by atoms with Gasteiger partial charge in [0.25, 0.3) is 0 Å². The molecule has 278 valence electrons. The average Bonchev–Trinajstić information content (AvgIpc) is 2.95. The van der Waals surface area contributed by atoms with Crippen LogP contribution in [0.2, 0.25) is 0 Å². The van der Waals surface area contributed by atoms with Crippen molar-refractivity contribution in [2.75, 3.05) is 0 Å². The molecule has 0 amide bonds. The Morgan fingerprint density at radius 1 is 0.451 bits per heavy atom. The van der Waals surface area contributed by atoms with Crippen molar-refractivity contribution in [1.82, 2.24) is 0 Å². The number of benzene rings is 4. The Bertz CT molecular complexity index is 1860. The van der Waals surface area contributed by atoms with Crippen molar-refractivity contribution >= 4 is 20.4 Å². The summed E-state index contributed by atoms with van der Waals surface area (Å²) in [4.78, 5) is 1.95. The van der Waals surface area contributed by atoms with Gasteiger partial charge < -0.3 is 18.9 Å². The smallest absolute Gasteiger partial charge is 0.307 e. The molecule has 0 saturated carbocycles. The monoisotopic (exact) mass is 736 g/mol. The van der Waals surface area contributed by atoms with Crippen LogP contribution in [-0.4, -0.2) is 30.8 Å². The summed E-state index contributed by atoms with van der Waals surface area (Å²) in [6.07, 6.45) is 0. The minimum atomic E-state index is -4.38. The maximum atomic E-state index is 14.6. The van der Waals surface area contributed by atoms with Crippen LogP contribution in [0.25, 0.3) is 0 Å². The van der Waals surface area contributed by atoms with Crippen molar-refractivity contribution < 1.29 is 31.0 Å². The first-order valence-corrected chi connectivity index (χ1v) is 20.2. The second kappa shape index (κ2) is 14.4. The molecule has 0 aliphatic rings. The van der Waals surface area contributed by atoms with Crippen molar-refractivity contribution in [2.45, 2.75) is 139 Å². The molecule has 0 heterocycles. The maximum absolute atomic E-state index is 14.6. The molecule has 9 heteroatoms. The lowest BCUT2D eigenvalue weighted by Gasteiger charge is -2.41. The van der Waals surface area contributed by atoms with Gasteiger partial charge in [0.15, 0.2) is 23.0 Å². The molecule has 51 heavy (non-hydrogen) atoms. The lowest BCUT2D eigenvalue weighted by atomic mass is 10.1. The van der Waals surface area contributed by atoms with Crippen LogP contribution in [0.4, 0.5) is 0 Å². The number of ether oxygens (including phenoxy) is 4. The number of hydrogen-bond acceptors (Lipinski definition) is 7. The van der Waals surface area contributed by atoms with E-state index in [1.165, 1.54) is 0 Å². The van der Waals surface area contributed by atoms with Gasteiger partial charge in [0.2, 0.25) is 0 Å². The highest BCUT2D eigenvalue weighted by atomic mass is 32.3. The zero-order valence-electron chi connectivity index (χ0n) is 32.8. The molecule has 0 unspecified atom stereocenters. The Hall–Kier alpha value is -3.66. The lowest BCUT2D eigenvalue weighted by Crippen LogP contribution is -2.27. The van der Waals surface area contributed by atoms with Gasteiger partial charge in [0.1, 0.15) is 22.4 Å². The van der Waals surface area contributed by atoms with Gasteiger partial charge in [0, 0.05) is 14.7 Å². The molecule has 0 N–H and O–H groups in total. The quantitative estimate of drug-likeness (QED) is 0.160. The van der Waals surface area contributed by atoms with E-state index >= 15 is 0 Å². The third kappa shape index (κ3) is 10.5. The number of hydrogen-bond donors (Lipinski definition) is 0. The first-order chi connectivity index (χ1) is 23.3. The van der Waals surface area contributed by atoms with Gasteiger partial charge in [-0.15, -0.1) is 0 Å². The molecular weight excluding hydrogens is 681 g/mol. The van der Waals surface area contributed by atoms with Crippen LogP contribution in [0, 0.1) is 13.8 Å². The molecule has 0 spiro atoms. The largest absolute Gasteiger partial charge is 0.484 e. The molecule has 0 fully saturated rings. The van der Waals surface area contributed by atoms with Gasteiger partial charge in [0.05, 0.1) is 4.90 Å². The number of rotatable bonds is 10. The van der Waals surface area contributed by atoms with E-state index in [9.17, 15) is 8.42 Å². The standard InChI is InChI=1S/C42H56O7S2/c1-29-19-21-31(22-20-29)51(43,44)49-50(38-18-16-15-17-30(38)2,32-23-25-34(45-39(3,4)5)36(27-32)47-41(9,10)11)33-24-26-35(46-40(6,7)8)37(28-33)48-42(12,13)14/h15-28H,1-14H3. The minimum absolute atomic E-state index is 0.0521. The normalized spacial score (nSPS) is 13.5. The van der Waals surface area contributed by atoms with Gasteiger partial charge in [-0.05, 0) is 167 Å². The Kier molecular flexibility index (Phi) is 11.3. The molecule has 0 radical (unpaired) electrons. The summed E-state index contributed by atoms with van der Waals surface area (Å²) in [5.74, 6) is 2.00. The highest BCUT2D eigenvalue weighted by molar-refractivity contribution is 8.33. The van der Waals surface area contributed by atoms with E-state index in [2.05, 4.69) is 0 Å². The predicted molar refractivity (Wildman–Crippen MR) is 207 cm³/mol. The van der Waals surface area contributed by atoms with E-state index in [1.54, 1.807) is 24.3 Å². The molecular formula is C42H56O7S2. The van der Waals surface area contributed by atoms with Crippen molar-refractivity contribution in [3.8, 4) is 23.0 Å². The molecule has 0 atom stereocenters. The average molecular weight is 737 g/mol. The van der Waals surface area contributed by atoms with Crippen molar-refractivity contribution in [3.05, 3.63) is 96.1 Å². The first-order valence-electron chi connectivity index (χ1n) is 17.2. The second-order valence-electron chi connectivity index (χ2n) is 16.7. The highest BCUT2D eigenvalue weighted by Gasteiger charge is 2.41. The summed E-state index contributed by atoms with van der Waals surface area (Å²) in [7, 11) is -7.49. The first kappa shape index (κ1) is 40.1. The van der Waals surface area contributed by atoms with Crippen LogP contribution in [-0.2, 0) is 13.7 Å². The second-order valence-corrected chi connectivity index (χ2v) is 21.2. The number of aryl methyl sites for hydroxylation is 2. The fourth-order valence-electron chi connectivity index (χ4n) is 5.24. The van der Waals surface area contributed by atoms with Gasteiger partial charge in [-0.25, -0.2) is 3.63 Å². The Morgan fingerprint density at radius 3 is 1.22 bits per heavy atom. The van der Waals surface area contributed by atoms with E-state index in [4.69, 9.17) is 22.6 Å². The third-order valence-corrected chi connectivity index (χ3v) is 12.4. The van der Waals surface area contributed by atoms with Gasteiger partial charge in [-0.3, -0.25) is 0 Å². The van der Waals surface area contributed by atoms with Crippen LogP contribution in [0.3, 0.4) is 0 Å². The lowest BCUT2D eigenvalue weighted by molar-refractivity contribution is 0.0953. The molecule has 0 aliphatic heterocycles. The van der Waals surface area contributed by atoms with Crippen LogP contribution in [0.5, 0.6) is 23.0 Å². The van der Waals surface area contributed by atoms with E-state index in [0.29, 0.717) is 37.7 Å². The maximum Gasteiger partial charge on any atom is 0.307 e. The van der Waals surface area contributed by atoms with Crippen LogP contribution in [0.1, 0.15) is 94.2 Å². The Balaban J connectivity index is 2.19. The van der Waals surface area contributed by atoms with Crippen LogP contribution < -0.4 is 18.9 Å². The molecule has 0 bridgehead atoms. The zero-order valence-corrected chi connectivity index (χ0v) is 34.4. The molecule has 0 aromatic heterocycles. The van der Waals surface area contributed by atoms with E-state index in [1.807, 2.05) is 158 Å². The van der Waals surface area contributed by atoms with Crippen LogP contribution >= 0.6 is 10.3 Å². The third-order valence-electron chi connectivity index (χ3n) is 7.06. The van der Waals surface area contributed by atoms with Gasteiger partial charge in [-0.1, -0.05) is 35.9 Å². The summed E-state index contributed by atoms with van der Waals surface area (Å²) < 4.78 is 61.9. The summed E-state index contributed by atoms with van der Waals surface area (Å²) in [5, 5.41) is 0. The van der Waals surface area contributed by atoms with Gasteiger partial charge >= 0.3 is 10.1 Å². The molecule has 0 aliphatic carbocycles. The molecule has 0 saturated heterocycles. The molecule has 4 aromatic rings. The van der Waals surface area contributed by atoms with Gasteiger partial charge in [-0.2, -0.15) is 8.42 Å². The Morgan fingerprint density at radius 2 is 0.824 bits per heavy atom. The topological polar surface area (TPSA) is 80.3 Å². The summed E-state index contributed by atoms with van der Waals surface area (Å²) in [6.45, 7) is 27.5. The summed E-state index contributed by atoms with van der Waals surface area (Å²) in [6, 6.07) is 25.6. The fourth-order valence-corrected chi connectivity index (χ4v) is 10.7. The molecule has 4 aromatic carbocycles. The van der Waals surface area contributed by atoms with Crippen molar-refractivity contribution in [3.63, 3.8) is 0 Å². The summed E-state index contributed by atoms with van der Waals surface area (Å²) in [5.41, 5.74) is -0.445. The fraction of sp³-hybridized carbons (Fsp3) is 0.429. The minimum Gasteiger partial charge on any atom is -0.484 e. The Labute approximate surface area is 308 Å². The highest BCUT2D eigenvalue weighted by Crippen LogP contribution is 2.72. The molecule has 7 nitrogen and oxygen atoms in total. The van der Waals surface area contributed by atoms with E-state index < -0.39 is 42.8 Å². The van der Waals surface area contributed by atoms with E-state index in [0.717, 1.165) is 11.1 Å². The zero-order chi connectivity index (χ0) is 38.2. The molecule has 4 rings (SSSR count). The van der Waals surface area contributed by atoms with Crippen molar-refractivity contribution in [1.29, 1.82) is 0 Å². The predicted octanol–water partition coefficient (Wildman–Crippen LogP) is 11.6. The van der Waals surface area contributed by atoms with E-state index in [-0.39, 0.29) is 4.90 Å². The SMILES string of the molecule is Cc1ccc(S(=O)(=O)OS(c2ccc(OC(C)(C)C)c(OC(C)(C)C)c2)(c2ccc(OC(C)(C)C)c(OC(C)(C)C)c2)c2ccccc2C)cc1. The van der Waals surface area contributed by atoms with Crippen molar-refractivity contribution in [2.24, 2.45) is 0 Å². The van der Waals surface area contributed by atoms with Crippen LogP contribution in [0.15, 0.2) is 105 Å². The summed E-state index contributed by atoms with van der Waals surface area (Å²) >= 11 is 0.